The smallest absolute Gasteiger partial charge is 0.0558 e. The van der Waals surface area contributed by atoms with E-state index in [-0.39, 0.29) is 6.61 Å². The second-order valence-corrected chi connectivity index (χ2v) is 4.15. The quantitative estimate of drug-likeness (QED) is 0.612. The molecule has 0 spiro atoms. The molecule has 80 valence electrons. The lowest BCUT2D eigenvalue weighted by Gasteiger charge is -2.21. The predicted molar refractivity (Wildman–Crippen MR) is 56.9 cm³/mol. The van der Waals surface area contributed by atoms with Crippen LogP contribution in [0.3, 0.4) is 0 Å². The van der Waals surface area contributed by atoms with E-state index < -0.39 is 0 Å². The zero-order valence-electron chi connectivity index (χ0n) is 9.38. The first-order valence-corrected chi connectivity index (χ1v) is 5.09. The highest BCUT2D eigenvalue weighted by molar-refractivity contribution is 4.63. The van der Waals surface area contributed by atoms with Crippen molar-refractivity contribution in [2.75, 3.05) is 33.3 Å². The lowest BCUT2D eigenvalue weighted by Crippen LogP contribution is -2.34. The van der Waals surface area contributed by atoms with Crippen LogP contribution in [-0.2, 0) is 0 Å². The molecule has 0 saturated heterocycles. The maximum Gasteiger partial charge on any atom is 0.0558 e. The molecule has 0 aliphatic rings. The molecule has 0 saturated carbocycles. The summed E-state index contributed by atoms with van der Waals surface area (Å²) in [6.07, 6.45) is 0. The number of hydrogen-bond acceptors (Lipinski definition) is 3. The molecule has 13 heavy (non-hydrogen) atoms. The molecule has 0 aromatic heterocycles. The molecule has 3 heteroatoms. The van der Waals surface area contributed by atoms with Crippen LogP contribution in [0.1, 0.15) is 20.8 Å². The monoisotopic (exact) mass is 188 g/mol. The van der Waals surface area contributed by atoms with Crippen molar-refractivity contribution >= 4 is 0 Å². The number of aliphatic hydroxyl groups is 1. The number of aliphatic hydroxyl groups excluding tert-OH is 1. The maximum absolute atomic E-state index is 8.71. The van der Waals surface area contributed by atoms with Gasteiger partial charge in [-0.2, -0.15) is 0 Å². The van der Waals surface area contributed by atoms with E-state index in [0.29, 0.717) is 12.0 Å². The highest BCUT2D eigenvalue weighted by Gasteiger charge is 2.05. The molecule has 0 amide bonds. The van der Waals surface area contributed by atoms with Crippen LogP contribution in [0.15, 0.2) is 0 Å². The molecule has 0 aromatic rings. The third kappa shape index (κ3) is 8.22. The lowest BCUT2D eigenvalue weighted by atomic mass is 10.1. The van der Waals surface area contributed by atoms with Gasteiger partial charge >= 0.3 is 0 Å². The Labute approximate surface area is 82.1 Å². The van der Waals surface area contributed by atoms with Gasteiger partial charge in [0.25, 0.3) is 0 Å². The van der Waals surface area contributed by atoms with E-state index in [1.54, 1.807) is 0 Å². The molecule has 2 N–H and O–H groups in total. The number of likely N-dealkylation sites (N-methyl/N-ethyl adjacent to an activating group) is 1. The Kier molecular flexibility index (Phi) is 7.23. The molecular weight excluding hydrogens is 164 g/mol. The van der Waals surface area contributed by atoms with E-state index in [0.717, 1.165) is 19.6 Å². The predicted octanol–water partition coefficient (Wildman–Crippen LogP) is 0.545. The molecule has 1 unspecified atom stereocenters. The Morgan fingerprint density at radius 1 is 1.31 bits per heavy atom. The van der Waals surface area contributed by atoms with E-state index in [1.807, 2.05) is 7.05 Å². The minimum absolute atomic E-state index is 0.251. The summed E-state index contributed by atoms with van der Waals surface area (Å²) in [5.41, 5.74) is 0. The fourth-order valence-corrected chi connectivity index (χ4v) is 1.30. The summed E-state index contributed by atoms with van der Waals surface area (Å²) < 4.78 is 0. The zero-order valence-corrected chi connectivity index (χ0v) is 9.38. The minimum Gasteiger partial charge on any atom is -0.395 e. The highest BCUT2D eigenvalue weighted by atomic mass is 16.3. The van der Waals surface area contributed by atoms with Crippen molar-refractivity contribution < 1.29 is 5.11 Å². The van der Waals surface area contributed by atoms with Gasteiger partial charge in [0.1, 0.15) is 0 Å². The molecule has 1 atom stereocenters. The number of nitrogens with one attached hydrogen (secondary N) is 1. The summed E-state index contributed by atoms with van der Waals surface area (Å²) in [5, 5.41) is 12.1. The summed E-state index contributed by atoms with van der Waals surface area (Å²) in [4.78, 5) is 2.16. The topological polar surface area (TPSA) is 35.5 Å². The fourth-order valence-electron chi connectivity index (χ4n) is 1.30. The SMILES string of the molecule is CC(CNC(C)C)CN(C)CCO. The molecule has 3 nitrogen and oxygen atoms in total. The highest BCUT2D eigenvalue weighted by Crippen LogP contribution is 1.96. The van der Waals surface area contributed by atoms with Crippen molar-refractivity contribution in [2.45, 2.75) is 26.8 Å². The van der Waals surface area contributed by atoms with Crippen LogP contribution < -0.4 is 5.32 Å². The van der Waals surface area contributed by atoms with Crippen LogP contribution >= 0.6 is 0 Å². The molecule has 0 radical (unpaired) electrons. The average Bonchev–Trinajstić information content (AvgIpc) is 2.01. The van der Waals surface area contributed by atoms with Crippen molar-refractivity contribution in [3.05, 3.63) is 0 Å². The third-order valence-corrected chi connectivity index (χ3v) is 1.98. The first-order valence-electron chi connectivity index (χ1n) is 5.09. The Morgan fingerprint density at radius 2 is 1.92 bits per heavy atom. The zero-order chi connectivity index (χ0) is 10.3. The van der Waals surface area contributed by atoms with Crippen LogP contribution in [0, 0.1) is 5.92 Å². The Bertz CT molecular complexity index is 117. The van der Waals surface area contributed by atoms with Gasteiger partial charge in [0.15, 0.2) is 0 Å². The Hall–Kier alpha value is -0.120. The van der Waals surface area contributed by atoms with Crippen LogP contribution in [0.5, 0.6) is 0 Å². The van der Waals surface area contributed by atoms with Crippen molar-refractivity contribution in [1.29, 1.82) is 0 Å². The first-order chi connectivity index (χ1) is 6.06. The number of rotatable bonds is 7. The van der Waals surface area contributed by atoms with E-state index in [1.165, 1.54) is 0 Å². The first kappa shape index (κ1) is 12.9. The van der Waals surface area contributed by atoms with Crippen LogP contribution in [0.25, 0.3) is 0 Å². The number of nitrogens with zero attached hydrogens (tertiary/aromatic N) is 1. The maximum atomic E-state index is 8.71. The van der Waals surface area contributed by atoms with Gasteiger partial charge in [-0.05, 0) is 19.5 Å². The normalized spacial score (nSPS) is 14.1. The van der Waals surface area contributed by atoms with Crippen molar-refractivity contribution in [1.82, 2.24) is 10.2 Å². The van der Waals surface area contributed by atoms with Crippen molar-refractivity contribution in [3.8, 4) is 0 Å². The van der Waals surface area contributed by atoms with Crippen LogP contribution in [-0.4, -0.2) is 49.3 Å². The van der Waals surface area contributed by atoms with E-state index in [9.17, 15) is 0 Å². The Morgan fingerprint density at radius 3 is 2.38 bits per heavy atom. The third-order valence-electron chi connectivity index (χ3n) is 1.98. The van der Waals surface area contributed by atoms with E-state index in [4.69, 9.17) is 5.11 Å². The molecule has 0 aliphatic carbocycles. The minimum atomic E-state index is 0.251. The van der Waals surface area contributed by atoms with Gasteiger partial charge in [0.2, 0.25) is 0 Å². The molecular formula is C10H24N2O. The molecule has 0 aliphatic heterocycles. The van der Waals surface area contributed by atoms with Gasteiger partial charge in [0, 0.05) is 19.1 Å². The van der Waals surface area contributed by atoms with Gasteiger partial charge < -0.3 is 15.3 Å². The number of hydrogen-bond donors (Lipinski definition) is 2. The summed E-state index contributed by atoms with van der Waals surface area (Å²) in [5.74, 6) is 0.638. The van der Waals surface area contributed by atoms with Crippen molar-refractivity contribution in [3.63, 3.8) is 0 Å². The lowest BCUT2D eigenvalue weighted by molar-refractivity contribution is 0.203. The molecule has 0 fully saturated rings. The second kappa shape index (κ2) is 7.30. The van der Waals surface area contributed by atoms with Crippen LogP contribution in [0.2, 0.25) is 0 Å². The van der Waals surface area contributed by atoms with Gasteiger partial charge in [0.05, 0.1) is 6.61 Å². The Balaban J connectivity index is 3.43. The summed E-state index contributed by atoms with van der Waals surface area (Å²) in [6.45, 7) is 9.65. The molecule has 0 bridgehead atoms. The van der Waals surface area contributed by atoms with Gasteiger partial charge in [-0.25, -0.2) is 0 Å². The molecule has 0 aromatic carbocycles. The van der Waals surface area contributed by atoms with Gasteiger partial charge in [-0.1, -0.05) is 20.8 Å². The molecule has 0 heterocycles. The average molecular weight is 188 g/mol. The second-order valence-electron chi connectivity index (χ2n) is 4.15. The summed E-state index contributed by atoms with van der Waals surface area (Å²) in [7, 11) is 2.04. The van der Waals surface area contributed by atoms with E-state index in [2.05, 4.69) is 31.0 Å². The van der Waals surface area contributed by atoms with E-state index >= 15 is 0 Å². The standard InChI is InChI=1S/C10H24N2O/c1-9(2)11-7-10(3)8-12(4)5-6-13/h9-11,13H,5-8H2,1-4H3. The molecule has 0 rings (SSSR count). The van der Waals surface area contributed by atoms with Crippen molar-refractivity contribution in [2.24, 2.45) is 5.92 Å². The summed E-state index contributed by atoms with van der Waals surface area (Å²) >= 11 is 0. The van der Waals surface area contributed by atoms with Gasteiger partial charge in [-0.3, -0.25) is 0 Å². The largest absolute Gasteiger partial charge is 0.395 e. The fraction of sp³-hybridized carbons (Fsp3) is 1.00. The summed E-state index contributed by atoms with van der Waals surface area (Å²) in [6, 6.07) is 0.561. The van der Waals surface area contributed by atoms with Crippen LogP contribution in [0.4, 0.5) is 0 Å². The van der Waals surface area contributed by atoms with Gasteiger partial charge in [-0.15, -0.1) is 0 Å².